The number of carbonyl (C=O) groups is 1. The van der Waals surface area contributed by atoms with E-state index in [1.54, 1.807) is 4.68 Å². The lowest BCUT2D eigenvalue weighted by molar-refractivity contribution is -0.199. The molecule has 4 aliphatic rings. The topological polar surface area (TPSA) is 91.4 Å². The molecule has 1 aliphatic heterocycles. The van der Waals surface area contributed by atoms with Crippen LogP contribution < -0.4 is 11.1 Å². The van der Waals surface area contributed by atoms with Gasteiger partial charge in [0.15, 0.2) is 0 Å². The Bertz CT molecular complexity index is 1050. The van der Waals surface area contributed by atoms with Gasteiger partial charge in [0, 0.05) is 19.7 Å². The van der Waals surface area contributed by atoms with Crippen LogP contribution in [0, 0.1) is 17.3 Å². The van der Waals surface area contributed by atoms with E-state index in [0.29, 0.717) is 18.3 Å². The number of nitrogens with two attached hydrogens (primary N) is 1. The van der Waals surface area contributed by atoms with Crippen LogP contribution in [-0.4, -0.2) is 46.5 Å². The van der Waals surface area contributed by atoms with Gasteiger partial charge in [0.05, 0.1) is 29.4 Å². The number of aromatic nitrogens is 2. The van der Waals surface area contributed by atoms with Crippen LogP contribution in [0.2, 0.25) is 0 Å². The molecule has 0 radical (unpaired) electrons. The minimum absolute atomic E-state index is 0. The summed E-state index contributed by atoms with van der Waals surface area (Å²) in [6.45, 7) is 6.94. The highest BCUT2D eigenvalue weighted by molar-refractivity contribution is 6.47. The Morgan fingerprint density at radius 3 is 2.67 bits per heavy atom. The number of benzene rings is 1. The molecule has 4 fully saturated rings. The van der Waals surface area contributed by atoms with Crippen molar-refractivity contribution in [2.24, 2.45) is 30.0 Å². The van der Waals surface area contributed by atoms with Crippen LogP contribution in [0.15, 0.2) is 42.6 Å². The van der Waals surface area contributed by atoms with E-state index in [1.165, 1.54) is 12.0 Å². The van der Waals surface area contributed by atoms with E-state index in [1.807, 2.05) is 25.4 Å². The van der Waals surface area contributed by atoms with E-state index in [2.05, 4.69) is 55.5 Å². The number of nitrogens with zero attached hydrogens (tertiary/aromatic N) is 2. The molecule has 6 rings (SSSR count). The molecule has 2 heterocycles. The summed E-state index contributed by atoms with van der Waals surface area (Å²) in [5.41, 5.74) is 8.37. The average molecular weight is 515 g/mol. The summed E-state index contributed by atoms with van der Waals surface area (Å²) >= 11 is 0. The van der Waals surface area contributed by atoms with E-state index < -0.39 is 13.2 Å². The number of rotatable bonds is 9. The van der Waals surface area contributed by atoms with E-state index in [9.17, 15) is 4.79 Å². The third-order valence-corrected chi connectivity index (χ3v) is 8.98. The second kappa shape index (κ2) is 10.5. The van der Waals surface area contributed by atoms with Crippen molar-refractivity contribution in [2.45, 2.75) is 83.0 Å². The van der Waals surface area contributed by atoms with Gasteiger partial charge in [-0.3, -0.25) is 9.48 Å². The SMILES string of the molecule is Cl.Cn1ccc(CC(N)C(=O)N[C@@H](CCCc2ccccc2)B2O[C@@H]3C[C@@H]4C[C@@H](C4(C)C)[C@]3(C)O2)n1. The molecule has 3 N–H and O–H groups in total. The number of aryl methyl sites for hydroxylation is 2. The van der Waals surface area contributed by atoms with Crippen molar-refractivity contribution in [3.05, 3.63) is 53.9 Å². The molecule has 9 heteroatoms. The number of carbonyl (C=O) groups excluding carboxylic acids is 1. The first-order chi connectivity index (χ1) is 16.7. The Morgan fingerprint density at radius 1 is 1.25 bits per heavy atom. The summed E-state index contributed by atoms with van der Waals surface area (Å²) in [4.78, 5) is 13.1. The zero-order chi connectivity index (χ0) is 24.8. The molecule has 7 nitrogen and oxygen atoms in total. The molecule has 1 aromatic carbocycles. The fourth-order valence-electron chi connectivity index (χ4n) is 6.70. The number of hydrogen-bond acceptors (Lipinski definition) is 5. The highest BCUT2D eigenvalue weighted by Crippen LogP contribution is 2.65. The zero-order valence-electron chi connectivity index (χ0n) is 21.9. The van der Waals surface area contributed by atoms with Crippen molar-refractivity contribution < 1.29 is 14.1 Å². The Balaban J connectivity index is 0.00000304. The Hall–Kier alpha value is -1.87. The fraction of sp³-hybridized carbons (Fsp3) is 0.630. The third kappa shape index (κ3) is 5.10. The van der Waals surface area contributed by atoms with E-state index in [0.717, 1.165) is 31.4 Å². The van der Waals surface area contributed by atoms with E-state index in [4.69, 9.17) is 15.0 Å². The summed E-state index contributed by atoms with van der Waals surface area (Å²) in [6.07, 6.45) is 7.21. The van der Waals surface area contributed by atoms with Crippen molar-refractivity contribution in [3.63, 3.8) is 0 Å². The predicted octanol–water partition coefficient (Wildman–Crippen LogP) is 3.49. The van der Waals surface area contributed by atoms with Gasteiger partial charge in [-0.1, -0.05) is 44.2 Å². The maximum Gasteiger partial charge on any atom is 0.481 e. The van der Waals surface area contributed by atoms with Gasteiger partial charge in [0.1, 0.15) is 0 Å². The summed E-state index contributed by atoms with van der Waals surface area (Å²) < 4.78 is 15.0. The lowest BCUT2D eigenvalue weighted by atomic mass is 9.43. The van der Waals surface area contributed by atoms with Crippen molar-refractivity contribution in [1.82, 2.24) is 15.1 Å². The van der Waals surface area contributed by atoms with Gasteiger partial charge in [-0.25, -0.2) is 0 Å². The van der Waals surface area contributed by atoms with Crippen LogP contribution >= 0.6 is 12.4 Å². The lowest BCUT2D eigenvalue weighted by Gasteiger charge is -2.64. The molecule has 36 heavy (non-hydrogen) atoms. The molecule has 1 aromatic heterocycles. The van der Waals surface area contributed by atoms with Crippen LogP contribution in [0.1, 0.15) is 57.7 Å². The number of halogens is 1. The van der Waals surface area contributed by atoms with Crippen LogP contribution in [0.4, 0.5) is 0 Å². The first kappa shape index (κ1) is 27.2. The lowest BCUT2D eigenvalue weighted by Crippen LogP contribution is -2.65. The first-order valence-electron chi connectivity index (χ1n) is 13.1. The molecule has 3 aliphatic carbocycles. The van der Waals surface area contributed by atoms with Crippen molar-refractivity contribution in [1.29, 1.82) is 0 Å². The van der Waals surface area contributed by atoms with Crippen LogP contribution in [0.5, 0.6) is 0 Å². The van der Waals surface area contributed by atoms with Crippen molar-refractivity contribution in [3.8, 4) is 0 Å². The number of hydrogen-bond donors (Lipinski definition) is 2. The minimum atomic E-state index is -0.674. The molecule has 6 atom stereocenters. The summed E-state index contributed by atoms with van der Waals surface area (Å²) in [5, 5.41) is 7.56. The standard InChI is InChI=1S/C27H39BN4O3.ClH/c1-26(2)19-15-22(26)27(3)23(16-19)34-28(35-27)24(12-8-11-18-9-6-5-7-10-18)30-25(33)21(29)17-20-13-14-32(4)31-20;/h5-7,9-10,13-14,19,21-24H,8,11-12,15-17,29H2,1-4H3,(H,30,33);1H/t19-,21?,22-,23+,24-,27-;/m0./s1. The fourth-order valence-corrected chi connectivity index (χ4v) is 6.70. The van der Waals surface area contributed by atoms with E-state index in [-0.39, 0.29) is 41.4 Å². The zero-order valence-corrected chi connectivity index (χ0v) is 22.7. The predicted molar refractivity (Wildman–Crippen MR) is 144 cm³/mol. The monoisotopic (exact) mass is 514 g/mol. The molecular weight excluding hydrogens is 475 g/mol. The Labute approximate surface area is 221 Å². The maximum atomic E-state index is 13.1. The van der Waals surface area contributed by atoms with E-state index >= 15 is 0 Å². The molecule has 1 amide bonds. The van der Waals surface area contributed by atoms with Gasteiger partial charge in [0.25, 0.3) is 0 Å². The van der Waals surface area contributed by atoms with Gasteiger partial charge in [-0.05, 0) is 67.9 Å². The highest BCUT2D eigenvalue weighted by atomic mass is 35.5. The molecule has 3 saturated carbocycles. The summed E-state index contributed by atoms with van der Waals surface area (Å²) in [7, 11) is 1.40. The normalized spacial score (nSPS) is 29.5. The largest absolute Gasteiger partial charge is 0.481 e. The average Bonchev–Trinajstić information content (AvgIpc) is 3.40. The molecule has 2 aromatic rings. The molecule has 196 valence electrons. The number of amides is 1. The highest BCUT2D eigenvalue weighted by Gasteiger charge is 2.68. The third-order valence-electron chi connectivity index (χ3n) is 8.98. The van der Waals surface area contributed by atoms with Crippen LogP contribution in [-0.2, 0) is 34.0 Å². The summed E-state index contributed by atoms with van der Waals surface area (Å²) in [6, 6.07) is 11.7. The smallest absolute Gasteiger partial charge is 0.404 e. The van der Waals surface area contributed by atoms with Crippen molar-refractivity contribution >= 4 is 25.4 Å². The minimum Gasteiger partial charge on any atom is -0.404 e. The van der Waals surface area contributed by atoms with Crippen molar-refractivity contribution in [2.75, 3.05) is 0 Å². The molecule has 1 unspecified atom stereocenters. The van der Waals surface area contributed by atoms with Gasteiger partial charge < -0.3 is 20.4 Å². The first-order valence-corrected chi connectivity index (χ1v) is 13.1. The second-order valence-electron chi connectivity index (χ2n) is 11.6. The maximum absolute atomic E-state index is 13.1. The Kier molecular flexibility index (Phi) is 7.91. The van der Waals surface area contributed by atoms with Crippen LogP contribution in [0.25, 0.3) is 0 Å². The Morgan fingerprint density at radius 2 is 2.00 bits per heavy atom. The number of nitrogens with one attached hydrogen (secondary N) is 1. The molecule has 0 spiro atoms. The summed E-state index contributed by atoms with van der Waals surface area (Å²) in [5.74, 6) is 0.739. The van der Waals surface area contributed by atoms with Gasteiger partial charge in [-0.2, -0.15) is 5.10 Å². The van der Waals surface area contributed by atoms with Gasteiger partial charge in [0.2, 0.25) is 5.91 Å². The molecule has 2 bridgehead atoms. The van der Waals surface area contributed by atoms with Gasteiger partial charge in [-0.15, -0.1) is 12.4 Å². The molecular formula is C27H40BClN4O3. The quantitative estimate of drug-likeness (QED) is 0.500. The van der Waals surface area contributed by atoms with Crippen LogP contribution in [0.3, 0.4) is 0 Å². The second-order valence-corrected chi connectivity index (χ2v) is 11.6. The molecule has 1 saturated heterocycles. The van der Waals surface area contributed by atoms with Gasteiger partial charge >= 0.3 is 7.12 Å².